The van der Waals surface area contributed by atoms with Gasteiger partial charge in [-0.2, -0.15) is 0 Å². The first-order valence-electron chi connectivity index (χ1n) is 8.84. The molecule has 1 amide bonds. The summed E-state index contributed by atoms with van der Waals surface area (Å²) in [6.07, 6.45) is 3.85. The van der Waals surface area contributed by atoms with E-state index in [4.69, 9.17) is 0 Å². The van der Waals surface area contributed by atoms with Gasteiger partial charge < -0.3 is 5.32 Å². The molecule has 0 unspecified atom stereocenters. The summed E-state index contributed by atoms with van der Waals surface area (Å²) >= 11 is 1.35. The number of nitrogens with one attached hydrogen (secondary N) is 1. The van der Waals surface area contributed by atoms with E-state index in [1.54, 1.807) is 0 Å². The lowest BCUT2D eigenvalue weighted by Gasteiger charge is -2.11. The van der Waals surface area contributed by atoms with Crippen molar-refractivity contribution in [1.29, 1.82) is 0 Å². The van der Waals surface area contributed by atoms with Crippen molar-refractivity contribution < 1.29 is 4.79 Å². The van der Waals surface area contributed by atoms with Gasteiger partial charge in [0.25, 0.3) is 0 Å². The summed E-state index contributed by atoms with van der Waals surface area (Å²) in [6.45, 7) is 2.05. The highest BCUT2D eigenvalue weighted by Crippen LogP contribution is 2.25. The van der Waals surface area contributed by atoms with Crippen molar-refractivity contribution in [2.45, 2.75) is 12.1 Å². The van der Waals surface area contributed by atoms with Gasteiger partial charge in [0.05, 0.1) is 5.75 Å². The number of hydrogen-bond donors (Lipinski definition) is 1. The fraction of sp³-hybridized carbons (Fsp3) is 0.0952. The van der Waals surface area contributed by atoms with E-state index in [2.05, 4.69) is 21.6 Å². The number of nitrogens with zero attached hydrogens (tertiary/aromatic N) is 4. The van der Waals surface area contributed by atoms with Crippen LogP contribution in [0.4, 0.5) is 5.69 Å². The van der Waals surface area contributed by atoms with E-state index < -0.39 is 0 Å². The van der Waals surface area contributed by atoms with Gasteiger partial charge in [0.15, 0.2) is 5.82 Å². The highest BCUT2D eigenvalue weighted by Gasteiger charge is 2.17. The van der Waals surface area contributed by atoms with E-state index in [0.717, 1.165) is 22.6 Å². The predicted molar refractivity (Wildman–Crippen MR) is 111 cm³/mol. The van der Waals surface area contributed by atoms with Crippen LogP contribution in [0.3, 0.4) is 0 Å². The van der Waals surface area contributed by atoms with Gasteiger partial charge in [0.1, 0.15) is 0 Å². The number of hydrogen-bond acceptors (Lipinski definition) is 4. The fourth-order valence-electron chi connectivity index (χ4n) is 2.84. The van der Waals surface area contributed by atoms with Crippen LogP contribution in [0.15, 0.2) is 84.3 Å². The molecule has 2 aromatic carbocycles. The minimum absolute atomic E-state index is 0.0876. The molecule has 0 bridgehead atoms. The van der Waals surface area contributed by atoms with Crippen LogP contribution >= 0.6 is 11.8 Å². The van der Waals surface area contributed by atoms with Gasteiger partial charge in [-0.25, -0.2) is 4.68 Å². The number of benzene rings is 2. The molecule has 0 aliphatic heterocycles. The Morgan fingerprint density at radius 2 is 1.79 bits per heavy atom. The standard InChI is InChI=1S/C21H19N5OS/c1-16-8-7-9-17(14-16)20-23-24-21(26(20)25-12-5-6-13-25)28-15-19(27)22-18-10-3-2-4-11-18/h2-14H,15H2,1H3,(H,22,27). The third-order valence-corrected chi connectivity index (χ3v) is 5.02. The first-order chi connectivity index (χ1) is 13.7. The average Bonchev–Trinajstić information content (AvgIpc) is 3.36. The van der Waals surface area contributed by atoms with Crippen molar-refractivity contribution in [2.24, 2.45) is 0 Å². The molecule has 0 saturated heterocycles. The number of thioether (sulfide) groups is 1. The van der Waals surface area contributed by atoms with Gasteiger partial charge in [0, 0.05) is 23.6 Å². The van der Waals surface area contributed by atoms with Crippen LogP contribution in [0.5, 0.6) is 0 Å². The molecule has 0 fully saturated rings. The SMILES string of the molecule is Cc1cccc(-c2nnc(SCC(=O)Nc3ccccc3)n2-n2cccc2)c1. The lowest BCUT2D eigenvalue weighted by molar-refractivity contribution is -0.113. The Morgan fingerprint density at radius 1 is 1.00 bits per heavy atom. The topological polar surface area (TPSA) is 64.7 Å². The summed E-state index contributed by atoms with van der Waals surface area (Å²) in [7, 11) is 0. The summed E-state index contributed by atoms with van der Waals surface area (Å²) in [6, 6.07) is 21.4. The molecule has 0 spiro atoms. The van der Waals surface area contributed by atoms with Gasteiger partial charge in [-0.15, -0.1) is 10.2 Å². The van der Waals surface area contributed by atoms with Crippen LogP contribution in [0.2, 0.25) is 0 Å². The van der Waals surface area contributed by atoms with Crippen molar-refractivity contribution in [3.63, 3.8) is 0 Å². The second-order valence-electron chi connectivity index (χ2n) is 6.25. The number of anilines is 1. The summed E-state index contributed by atoms with van der Waals surface area (Å²) in [4.78, 5) is 12.3. The van der Waals surface area contributed by atoms with Crippen molar-refractivity contribution in [3.8, 4) is 11.4 Å². The number of aryl methyl sites for hydroxylation is 1. The molecule has 4 aromatic rings. The molecule has 2 heterocycles. The number of carbonyl (C=O) groups is 1. The van der Waals surface area contributed by atoms with Crippen LogP contribution in [0.1, 0.15) is 5.56 Å². The normalized spacial score (nSPS) is 10.8. The number of amides is 1. The fourth-order valence-corrected chi connectivity index (χ4v) is 3.57. The van der Waals surface area contributed by atoms with Crippen LogP contribution in [-0.2, 0) is 4.79 Å². The van der Waals surface area contributed by atoms with E-state index in [1.807, 2.05) is 89.3 Å². The number of aromatic nitrogens is 4. The Bertz CT molecular complexity index is 1070. The average molecular weight is 389 g/mol. The van der Waals surface area contributed by atoms with Gasteiger partial charge >= 0.3 is 0 Å². The number of carbonyl (C=O) groups excluding carboxylic acids is 1. The highest BCUT2D eigenvalue weighted by atomic mass is 32.2. The summed E-state index contributed by atoms with van der Waals surface area (Å²) in [5.41, 5.74) is 2.90. The first kappa shape index (κ1) is 18.1. The monoisotopic (exact) mass is 389 g/mol. The lowest BCUT2D eigenvalue weighted by atomic mass is 10.1. The summed E-state index contributed by atoms with van der Waals surface area (Å²) < 4.78 is 3.82. The minimum atomic E-state index is -0.0876. The molecule has 7 heteroatoms. The van der Waals surface area contributed by atoms with E-state index in [9.17, 15) is 4.79 Å². The summed E-state index contributed by atoms with van der Waals surface area (Å²) in [5, 5.41) is 12.3. The van der Waals surface area contributed by atoms with E-state index in [0.29, 0.717) is 5.16 Å². The molecule has 0 radical (unpaired) electrons. The van der Waals surface area contributed by atoms with E-state index in [1.165, 1.54) is 11.8 Å². The smallest absolute Gasteiger partial charge is 0.234 e. The van der Waals surface area contributed by atoms with Gasteiger partial charge in [-0.3, -0.25) is 9.47 Å². The maximum atomic E-state index is 12.3. The lowest BCUT2D eigenvalue weighted by Crippen LogP contribution is -2.15. The predicted octanol–water partition coefficient (Wildman–Crippen LogP) is 4.10. The van der Waals surface area contributed by atoms with Crippen molar-refractivity contribution in [1.82, 2.24) is 19.5 Å². The van der Waals surface area contributed by atoms with Crippen LogP contribution in [0, 0.1) is 6.92 Å². The number of rotatable bonds is 6. The minimum Gasteiger partial charge on any atom is -0.325 e. The second kappa shape index (κ2) is 8.14. The third kappa shape index (κ3) is 3.99. The molecule has 2 aromatic heterocycles. The Kier molecular flexibility index (Phi) is 5.25. The zero-order chi connectivity index (χ0) is 19.3. The van der Waals surface area contributed by atoms with E-state index in [-0.39, 0.29) is 11.7 Å². The molecular weight excluding hydrogens is 370 g/mol. The second-order valence-corrected chi connectivity index (χ2v) is 7.20. The molecule has 6 nitrogen and oxygen atoms in total. The van der Waals surface area contributed by atoms with Crippen molar-refractivity contribution in [2.75, 3.05) is 11.1 Å². The van der Waals surface area contributed by atoms with Crippen molar-refractivity contribution >= 4 is 23.4 Å². The van der Waals surface area contributed by atoms with Crippen molar-refractivity contribution in [3.05, 3.63) is 84.7 Å². The zero-order valence-corrected chi connectivity index (χ0v) is 16.1. The molecule has 4 rings (SSSR count). The zero-order valence-electron chi connectivity index (χ0n) is 15.3. The highest BCUT2D eigenvalue weighted by molar-refractivity contribution is 7.99. The third-order valence-electron chi connectivity index (χ3n) is 4.10. The quantitative estimate of drug-likeness (QED) is 0.504. The Hall–Kier alpha value is -3.32. The molecule has 0 saturated carbocycles. The van der Waals surface area contributed by atoms with Gasteiger partial charge in [-0.05, 0) is 37.3 Å². The Morgan fingerprint density at radius 3 is 2.54 bits per heavy atom. The van der Waals surface area contributed by atoms with Crippen LogP contribution < -0.4 is 5.32 Å². The Labute approximate surface area is 167 Å². The molecule has 0 aliphatic carbocycles. The number of para-hydroxylation sites is 1. The molecular formula is C21H19N5OS. The molecule has 140 valence electrons. The molecule has 28 heavy (non-hydrogen) atoms. The van der Waals surface area contributed by atoms with Gasteiger partial charge in [-0.1, -0.05) is 53.7 Å². The molecule has 0 atom stereocenters. The largest absolute Gasteiger partial charge is 0.325 e. The maximum absolute atomic E-state index is 12.3. The van der Waals surface area contributed by atoms with Gasteiger partial charge in [0.2, 0.25) is 11.1 Å². The first-order valence-corrected chi connectivity index (χ1v) is 9.83. The van der Waals surface area contributed by atoms with E-state index >= 15 is 0 Å². The van der Waals surface area contributed by atoms with Crippen LogP contribution in [-0.4, -0.2) is 31.2 Å². The maximum Gasteiger partial charge on any atom is 0.234 e. The molecule has 0 aliphatic rings. The Balaban J connectivity index is 1.58. The molecule has 1 N–H and O–H groups in total. The van der Waals surface area contributed by atoms with Crippen LogP contribution in [0.25, 0.3) is 11.4 Å². The summed E-state index contributed by atoms with van der Waals surface area (Å²) in [5.74, 6) is 0.878.